The summed E-state index contributed by atoms with van der Waals surface area (Å²) in [6.07, 6.45) is 3.51. The van der Waals surface area contributed by atoms with Gasteiger partial charge in [-0.15, -0.1) is 0 Å². The summed E-state index contributed by atoms with van der Waals surface area (Å²) in [6, 6.07) is 5.46. The van der Waals surface area contributed by atoms with E-state index in [2.05, 4.69) is 5.32 Å². The quantitative estimate of drug-likeness (QED) is 0.815. The summed E-state index contributed by atoms with van der Waals surface area (Å²) in [4.78, 5) is 12.1. The predicted molar refractivity (Wildman–Crippen MR) is 96.2 cm³/mol. The van der Waals surface area contributed by atoms with Crippen LogP contribution in [0.4, 0.5) is 5.69 Å². The van der Waals surface area contributed by atoms with Gasteiger partial charge < -0.3 is 10.1 Å². The average Bonchev–Trinajstić information content (AvgIpc) is 3.03. The minimum absolute atomic E-state index is 0.00250. The van der Waals surface area contributed by atoms with E-state index in [1.165, 1.54) is 0 Å². The SMILES string of the molecule is Cc1cc(OC(C)C)ccc1NC(=O)CCS(=O)(=O)C1CCCC1. The van der Waals surface area contributed by atoms with Crippen molar-refractivity contribution in [3.63, 3.8) is 0 Å². The standard InChI is InChI=1S/C18H27NO4S/c1-13(2)23-15-8-9-17(14(3)12-15)19-18(20)10-11-24(21,22)16-6-4-5-7-16/h8-9,12-13,16H,4-7,10-11H2,1-3H3,(H,19,20). The van der Waals surface area contributed by atoms with Crippen molar-refractivity contribution < 1.29 is 17.9 Å². The van der Waals surface area contributed by atoms with Gasteiger partial charge in [0.05, 0.1) is 17.1 Å². The Morgan fingerprint density at radius 3 is 2.54 bits per heavy atom. The normalized spacial score (nSPS) is 15.7. The molecule has 2 rings (SSSR count). The van der Waals surface area contributed by atoms with E-state index in [9.17, 15) is 13.2 Å². The molecule has 0 spiro atoms. The Morgan fingerprint density at radius 1 is 1.29 bits per heavy atom. The molecule has 1 aliphatic carbocycles. The second kappa shape index (κ2) is 8.01. The Balaban J connectivity index is 1.90. The molecule has 1 N–H and O–H groups in total. The minimum Gasteiger partial charge on any atom is -0.491 e. The molecule has 5 nitrogen and oxygen atoms in total. The van der Waals surface area contributed by atoms with Crippen molar-refractivity contribution in [2.45, 2.75) is 64.2 Å². The topological polar surface area (TPSA) is 72.5 Å². The fourth-order valence-corrected chi connectivity index (χ4v) is 4.84. The number of benzene rings is 1. The van der Waals surface area contributed by atoms with Gasteiger partial charge in [-0.3, -0.25) is 4.79 Å². The van der Waals surface area contributed by atoms with Crippen LogP contribution in [0.2, 0.25) is 0 Å². The highest BCUT2D eigenvalue weighted by Gasteiger charge is 2.28. The lowest BCUT2D eigenvalue weighted by atomic mass is 10.2. The largest absolute Gasteiger partial charge is 0.491 e. The van der Waals surface area contributed by atoms with Gasteiger partial charge in [-0.1, -0.05) is 12.8 Å². The number of sulfone groups is 1. The maximum absolute atomic E-state index is 12.2. The van der Waals surface area contributed by atoms with Gasteiger partial charge in [-0.05, 0) is 57.4 Å². The molecule has 1 aromatic rings. The highest BCUT2D eigenvalue weighted by molar-refractivity contribution is 7.92. The minimum atomic E-state index is -3.16. The summed E-state index contributed by atoms with van der Waals surface area (Å²) in [5.41, 5.74) is 1.58. The highest BCUT2D eigenvalue weighted by atomic mass is 32.2. The third-order valence-corrected chi connectivity index (χ3v) is 6.53. The zero-order valence-corrected chi connectivity index (χ0v) is 15.5. The molecule has 1 aliphatic rings. The summed E-state index contributed by atoms with van der Waals surface area (Å²) in [6.45, 7) is 5.80. The van der Waals surface area contributed by atoms with Gasteiger partial charge in [0.2, 0.25) is 5.91 Å². The molecular formula is C18H27NO4S. The van der Waals surface area contributed by atoms with E-state index in [1.54, 1.807) is 12.1 Å². The molecule has 0 aromatic heterocycles. The molecule has 0 saturated heterocycles. The number of hydrogen-bond donors (Lipinski definition) is 1. The van der Waals surface area contributed by atoms with Gasteiger partial charge in [-0.2, -0.15) is 0 Å². The number of nitrogens with one attached hydrogen (secondary N) is 1. The summed E-state index contributed by atoms with van der Waals surface area (Å²) in [7, 11) is -3.16. The zero-order chi connectivity index (χ0) is 17.7. The second-order valence-corrected chi connectivity index (χ2v) is 9.12. The van der Waals surface area contributed by atoms with E-state index in [0.717, 1.165) is 37.0 Å². The van der Waals surface area contributed by atoms with Crippen LogP contribution >= 0.6 is 0 Å². The molecule has 0 heterocycles. The lowest BCUT2D eigenvalue weighted by molar-refractivity contribution is -0.115. The first kappa shape index (κ1) is 18.8. The molecule has 1 saturated carbocycles. The van der Waals surface area contributed by atoms with Gasteiger partial charge in [0, 0.05) is 12.1 Å². The van der Waals surface area contributed by atoms with Crippen LogP contribution in [0.15, 0.2) is 18.2 Å². The lowest BCUT2D eigenvalue weighted by Crippen LogP contribution is -2.24. The van der Waals surface area contributed by atoms with Crippen molar-refractivity contribution in [3.8, 4) is 5.75 Å². The maximum Gasteiger partial charge on any atom is 0.225 e. The van der Waals surface area contributed by atoms with Gasteiger partial charge in [-0.25, -0.2) is 8.42 Å². The van der Waals surface area contributed by atoms with Gasteiger partial charge in [0.1, 0.15) is 5.75 Å². The first-order valence-electron chi connectivity index (χ1n) is 8.56. The zero-order valence-electron chi connectivity index (χ0n) is 14.7. The van der Waals surface area contributed by atoms with Crippen LogP contribution < -0.4 is 10.1 Å². The van der Waals surface area contributed by atoms with E-state index in [4.69, 9.17) is 4.74 Å². The number of ether oxygens (including phenoxy) is 1. The number of amides is 1. The van der Waals surface area contributed by atoms with Crippen LogP contribution in [-0.2, 0) is 14.6 Å². The third-order valence-electron chi connectivity index (χ3n) is 4.27. The number of aryl methyl sites for hydroxylation is 1. The molecule has 0 atom stereocenters. The van der Waals surface area contributed by atoms with Crippen LogP contribution in [0.1, 0.15) is 51.5 Å². The number of rotatable bonds is 7. The van der Waals surface area contributed by atoms with E-state index in [0.29, 0.717) is 5.69 Å². The average molecular weight is 353 g/mol. The Kier molecular flexibility index (Phi) is 6.27. The first-order chi connectivity index (χ1) is 11.3. The van der Waals surface area contributed by atoms with Crippen molar-refractivity contribution in [1.29, 1.82) is 0 Å². The van der Waals surface area contributed by atoms with Crippen molar-refractivity contribution in [2.24, 2.45) is 0 Å². The number of hydrogen-bond acceptors (Lipinski definition) is 4. The van der Waals surface area contributed by atoms with E-state index in [1.807, 2.05) is 26.8 Å². The van der Waals surface area contributed by atoms with E-state index >= 15 is 0 Å². The summed E-state index contributed by atoms with van der Waals surface area (Å²) >= 11 is 0. The van der Waals surface area contributed by atoms with Gasteiger partial charge in [0.15, 0.2) is 9.84 Å². The second-order valence-electron chi connectivity index (χ2n) is 6.71. The van der Waals surface area contributed by atoms with Crippen molar-refractivity contribution >= 4 is 21.4 Å². The van der Waals surface area contributed by atoms with Crippen molar-refractivity contribution in [3.05, 3.63) is 23.8 Å². The molecular weight excluding hydrogens is 326 g/mol. The summed E-state index contributed by atoms with van der Waals surface area (Å²) in [5.74, 6) is 0.415. The molecule has 24 heavy (non-hydrogen) atoms. The van der Waals surface area contributed by atoms with Crippen LogP contribution in [0.5, 0.6) is 5.75 Å². The van der Waals surface area contributed by atoms with Crippen LogP contribution in [0, 0.1) is 6.92 Å². The van der Waals surface area contributed by atoms with Crippen molar-refractivity contribution in [1.82, 2.24) is 0 Å². The summed E-state index contributed by atoms with van der Waals surface area (Å²) in [5, 5.41) is 2.54. The van der Waals surface area contributed by atoms with E-state index < -0.39 is 9.84 Å². The van der Waals surface area contributed by atoms with Crippen molar-refractivity contribution in [2.75, 3.05) is 11.1 Å². The maximum atomic E-state index is 12.2. The molecule has 1 amide bonds. The van der Waals surface area contributed by atoms with Crippen LogP contribution in [0.3, 0.4) is 0 Å². The third kappa shape index (κ3) is 5.23. The Morgan fingerprint density at radius 2 is 1.96 bits per heavy atom. The van der Waals surface area contributed by atoms with Crippen LogP contribution in [-0.4, -0.2) is 31.4 Å². The molecule has 0 radical (unpaired) electrons. The number of anilines is 1. The summed E-state index contributed by atoms with van der Waals surface area (Å²) < 4.78 is 30.0. The van der Waals surface area contributed by atoms with Gasteiger partial charge in [0.25, 0.3) is 0 Å². The number of carbonyl (C=O) groups is 1. The molecule has 0 bridgehead atoms. The fraction of sp³-hybridized carbons (Fsp3) is 0.611. The Bertz CT molecular complexity index is 676. The number of carbonyl (C=O) groups excluding carboxylic acids is 1. The molecule has 1 fully saturated rings. The van der Waals surface area contributed by atoms with E-state index in [-0.39, 0.29) is 29.4 Å². The molecule has 0 unspecified atom stereocenters. The monoisotopic (exact) mass is 353 g/mol. The predicted octanol–water partition coefficient (Wildman–Crippen LogP) is 3.47. The van der Waals surface area contributed by atoms with Crippen LogP contribution in [0.25, 0.3) is 0 Å². The molecule has 1 aromatic carbocycles. The molecule has 0 aliphatic heterocycles. The first-order valence-corrected chi connectivity index (χ1v) is 10.3. The fourth-order valence-electron chi connectivity index (χ4n) is 2.98. The molecule has 6 heteroatoms. The Hall–Kier alpha value is -1.56. The Labute approximate surface area is 144 Å². The lowest BCUT2D eigenvalue weighted by Gasteiger charge is -2.14. The highest BCUT2D eigenvalue weighted by Crippen LogP contribution is 2.26. The smallest absolute Gasteiger partial charge is 0.225 e. The molecule has 134 valence electrons. The van der Waals surface area contributed by atoms with Gasteiger partial charge >= 0.3 is 0 Å².